The average Bonchev–Trinajstić information content (AvgIpc) is 2.55. The number of hydrogen-bond donors (Lipinski definition) is 1. The predicted octanol–water partition coefficient (Wildman–Crippen LogP) is 3.98. The van der Waals surface area contributed by atoms with Gasteiger partial charge in [-0.2, -0.15) is 5.26 Å². The summed E-state index contributed by atoms with van der Waals surface area (Å²) in [6, 6.07) is 17.6. The number of aryl methyl sites for hydroxylation is 1. The monoisotopic (exact) mass is 288 g/mol. The smallest absolute Gasteiger partial charge is 0.148 e. The lowest BCUT2D eigenvalue weighted by Gasteiger charge is -2.16. The minimum Gasteiger partial charge on any atom is -0.362 e. The molecule has 0 spiro atoms. The summed E-state index contributed by atoms with van der Waals surface area (Å²) in [6.45, 7) is 4.02. The molecule has 1 atom stereocenters. The first kappa shape index (κ1) is 14.0. The Balaban J connectivity index is 1.88. The number of para-hydroxylation sites is 2. The zero-order valence-corrected chi connectivity index (χ0v) is 12.5. The maximum atomic E-state index is 8.86. The summed E-state index contributed by atoms with van der Waals surface area (Å²) in [5.41, 5.74) is 4.42. The molecule has 108 valence electrons. The number of benzene rings is 2. The van der Waals surface area contributed by atoms with Crippen LogP contribution in [0.4, 0.5) is 5.82 Å². The molecule has 0 saturated heterocycles. The fraction of sp³-hybridized carbons (Fsp3) is 0.167. The molecule has 1 heterocycles. The van der Waals surface area contributed by atoms with Crippen molar-refractivity contribution in [2.75, 3.05) is 5.32 Å². The maximum Gasteiger partial charge on any atom is 0.148 e. The van der Waals surface area contributed by atoms with E-state index in [1.165, 1.54) is 0 Å². The van der Waals surface area contributed by atoms with Gasteiger partial charge in [0.1, 0.15) is 5.82 Å². The Labute approximate surface area is 129 Å². The van der Waals surface area contributed by atoms with Crippen LogP contribution in [0.1, 0.15) is 29.8 Å². The number of hydrogen-bond acceptors (Lipinski definition) is 4. The molecule has 3 rings (SSSR count). The first-order valence-electron chi connectivity index (χ1n) is 7.17. The molecule has 0 aliphatic rings. The van der Waals surface area contributed by atoms with Gasteiger partial charge >= 0.3 is 0 Å². The Hall–Kier alpha value is -2.93. The molecule has 0 aliphatic heterocycles. The van der Waals surface area contributed by atoms with Gasteiger partial charge in [-0.3, -0.25) is 0 Å². The van der Waals surface area contributed by atoms with Crippen molar-refractivity contribution in [3.8, 4) is 6.07 Å². The van der Waals surface area contributed by atoms with E-state index in [0.29, 0.717) is 5.56 Å². The topological polar surface area (TPSA) is 61.6 Å². The molecule has 3 aromatic rings. The van der Waals surface area contributed by atoms with Crippen molar-refractivity contribution >= 4 is 16.9 Å². The van der Waals surface area contributed by atoms with Gasteiger partial charge in [0.15, 0.2) is 0 Å². The van der Waals surface area contributed by atoms with Crippen LogP contribution >= 0.6 is 0 Å². The van der Waals surface area contributed by atoms with Crippen molar-refractivity contribution in [3.05, 3.63) is 65.4 Å². The van der Waals surface area contributed by atoms with Crippen molar-refractivity contribution in [1.29, 1.82) is 5.26 Å². The van der Waals surface area contributed by atoms with Crippen LogP contribution in [-0.2, 0) is 0 Å². The summed E-state index contributed by atoms with van der Waals surface area (Å²) >= 11 is 0. The summed E-state index contributed by atoms with van der Waals surface area (Å²) in [7, 11) is 0. The quantitative estimate of drug-likeness (QED) is 0.791. The zero-order chi connectivity index (χ0) is 15.5. The number of aromatic nitrogens is 2. The van der Waals surface area contributed by atoms with E-state index < -0.39 is 0 Å². The molecule has 0 aliphatic carbocycles. The van der Waals surface area contributed by atoms with E-state index in [0.717, 1.165) is 28.1 Å². The van der Waals surface area contributed by atoms with Gasteiger partial charge in [0.25, 0.3) is 0 Å². The molecule has 0 unspecified atom stereocenters. The first-order valence-corrected chi connectivity index (χ1v) is 7.17. The van der Waals surface area contributed by atoms with Gasteiger partial charge in [-0.1, -0.05) is 24.3 Å². The molecular weight excluding hydrogens is 272 g/mol. The van der Waals surface area contributed by atoms with E-state index in [4.69, 9.17) is 5.26 Å². The van der Waals surface area contributed by atoms with E-state index in [2.05, 4.69) is 28.3 Å². The fourth-order valence-electron chi connectivity index (χ4n) is 2.36. The van der Waals surface area contributed by atoms with E-state index >= 15 is 0 Å². The molecule has 0 saturated carbocycles. The molecule has 0 fully saturated rings. The highest BCUT2D eigenvalue weighted by Crippen LogP contribution is 2.22. The van der Waals surface area contributed by atoms with Crippen LogP contribution in [-0.4, -0.2) is 9.97 Å². The number of anilines is 1. The van der Waals surface area contributed by atoms with Crippen LogP contribution in [0.3, 0.4) is 0 Å². The number of fused-ring (bicyclic) bond motifs is 1. The zero-order valence-electron chi connectivity index (χ0n) is 12.5. The summed E-state index contributed by atoms with van der Waals surface area (Å²) in [4.78, 5) is 9.23. The average molecular weight is 288 g/mol. The summed E-state index contributed by atoms with van der Waals surface area (Å²) < 4.78 is 0. The van der Waals surface area contributed by atoms with Gasteiger partial charge in [-0.05, 0) is 43.7 Å². The summed E-state index contributed by atoms with van der Waals surface area (Å²) in [5.74, 6) is 0.788. The number of nitriles is 1. The van der Waals surface area contributed by atoms with Gasteiger partial charge < -0.3 is 5.32 Å². The molecule has 22 heavy (non-hydrogen) atoms. The predicted molar refractivity (Wildman–Crippen MR) is 87.5 cm³/mol. The lowest BCUT2D eigenvalue weighted by molar-refractivity contribution is 0.869. The molecule has 1 aromatic heterocycles. The molecule has 1 N–H and O–H groups in total. The van der Waals surface area contributed by atoms with Crippen LogP contribution < -0.4 is 5.32 Å². The van der Waals surface area contributed by atoms with E-state index in [9.17, 15) is 0 Å². The minimum atomic E-state index is 0.0851. The van der Waals surface area contributed by atoms with Crippen LogP contribution in [0.25, 0.3) is 11.0 Å². The highest BCUT2D eigenvalue weighted by Gasteiger charge is 2.10. The first-order chi connectivity index (χ1) is 10.7. The molecule has 4 nitrogen and oxygen atoms in total. The van der Waals surface area contributed by atoms with Gasteiger partial charge in [0.2, 0.25) is 0 Å². The Morgan fingerprint density at radius 2 is 1.64 bits per heavy atom. The van der Waals surface area contributed by atoms with Gasteiger partial charge in [-0.25, -0.2) is 9.97 Å². The molecule has 4 heteroatoms. The number of rotatable bonds is 3. The Kier molecular flexibility index (Phi) is 3.71. The van der Waals surface area contributed by atoms with Crippen molar-refractivity contribution < 1.29 is 0 Å². The number of nitrogens with zero attached hydrogens (tertiary/aromatic N) is 3. The van der Waals surface area contributed by atoms with Crippen molar-refractivity contribution in [3.63, 3.8) is 0 Å². The second-order valence-electron chi connectivity index (χ2n) is 5.25. The summed E-state index contributed by atoms with van der Waals surface area (Å²) in [5, 5.41) is 12.3. The van der Waals surface area contributed by atoms with Crippen LogP contribution in [0.5, 0.6) is 0 Å². The third-order valence-corrected chi connectivity index (χ3v) is 3.64. The molecule has 0 bridgehead atoms. The standard InChI is InChI=1S/C18H16N4/c1-12(15-9-7-14(11-19)8-10-15)21-18-13(2)20-16-5-3-4-6-17(16)22-18/h3-10,12H,1-2H3,(H,21,22)/t12-/m0/s1. The second kappa shape index (κ2) is 5.82. The molecule has 2 aromatic carbocycles. The van der Waals surface area contributed by atoms with Crippen LogP contribution in [0.15, 0.2) is 48.5 Å². The SMILES string of the molecule is Cc1nc2ccccc2nc1N[C@@H](C)c1ccc(C#N)cc1. The Morgan fingerprint density at radius 1 is 1.00 bits per heavy atom. The van der Waals surface area contributed by atoms with Gasteiger partial charge in [0.05, 0.1) is 34.4 Å². The van der Waals surface area contributed by atoms with E-state index in [1.807, 2.05) is 55.5 Å². The molecule has 0 radical (unpaired) electrons. The van der Waals surface area contributed by atoms with Crippen LogP contribution in [0.2, 0.25) is 0 Å². The second-order valence-corrected chi connectivity index (χ2v) is 5.25. The van der Waals surface area contributed by atoms with E-state index in [-0.39, 0.29) is 6.04 Å². The Bertz CT molecular complexity index is 847. The van der Waals surface area contributed by atoms with Crippen molar-refractivity contribution in [2.24, 2.45) is 0 Å². The Morgan fingerprint density at radius 3 is 2.27 bits per heavy atom. The molecular formula is C18H16N4. The van der Waals surface area contributed by atoms with E-state index in [1.54, 1.807) is 0 Å². The lowest BCUT2D eigenvalue weighted by Crippen LogP contribution is -2.10. The van der Waals surface area contributed by atoms with Crippen molar-refractivity contribution in [2.45, 2.75) is 19.9 Å². The minimum absolute atomic E-state index is 0.0851. The third kappa shape index (κ3) is 2.75. The van der Waals surface area contributed by atoms with Gasteiger partial charge in [0, 0.05) is 0 Å². The highest BCUT2D eigenvalue weighted by atomic mass is 15.0. The third-order valence-electron chi connectivity index (χ3n) is 3.64. The molecule has 0 amide bonds. The van der Waals surface area contributed by atoms with Gasteiger partial charge in [-0.15, -0.1) is 0 Å². The van der Waals surface area contributed by atoms with Crippen molar-refractivity contribution in [1.82, 2.24) is 9.97 Å². The van der Waals surface area contributed by atoms with Crippen LogP contribution in [0, 0.1) is 18.3 Å². The largest absolute Gasteiger partial charge is 0.362 e. The fourth-order valence-corrected chi connectivity index (χ4v) is 2.36. The normalized spacial score (nSPS) is 11.9. The summed E-state index contributed by atoms with van der Waals surface area (Å²) in [6.07, 6.45) is 0. The highest BCUT2D eigenvalue weighted by molar-refractivity contribution is 5.76. The lowest BCUT2D eigenvalue weighted by atomic mass is 10.1. The number of nitrogens with one attached hydrogen (secondary N) is 1. The maximum absolute atomic E-state index is 8.86.